The first-order chi connectivity index (χ1) is 11.7. The van der Waals surface area contributed by atoms with Gasteiger partial charge in [-0.25, -0.2) is 4.68 Å². The van der Waals surface area contributed by atoms with E-state index >= 15 is 0 Å². The second kappa shape index (κ2) is 11.1. The van der Waals surface area contributed by atoms with Crippen molar-refractivity contribution in [1.29, 1.82) is 0 Å². The summed E-state index contributed by atoms with van der Waals surface area (Å²) in [7, 11) is 0. The highest BCUT2D eigenvalue weighted by Gasteiger charge is 2.25. The van der Waals surface area contributed by atoms with E-state index in [1.54, 1.807) is 0 Å². The van der Waals surface area contributed by atoms with E-state index < -0.39 is 0 Å². The predicted molar refractivity (Wildman–Crippen MR) is 108 cm³/mol. The van der Waals surface area contributed by atoms with Crippen molar-refractivity contribution >= 4 is 30.7 Å². The number of carbonyl (C=O) groups is 1. The zero-order valence-corrected chi connectivity index (χ0v) is 17.4. The number of piperidine rings is 2. The molecule has 3 rings (SSSR count). The van der Waals surface area contributed by atoms with Gasteiger partial charge >= 0.3 is 0 Å². The fraction of sp³-hybridized carbons (Fsp3) is 0.824. The molecule has 0 spiro atoms. The number of hydrogen-bond donors (Lipinski definition) is 2. The van der Waals surface area contributed by atoms with Crippen molar-refractivity contribution in [2.45, 2.75) is 58.0 Å². The van der Waals surface area contributed by atoms with Crippen LogP contribution in [0.3, 0.4) is 0 Å². The molecule has 2 aliphatic heterocycles. The van der Waals surface area contributed by atoms with Crippen molar-refractivity contribution in [3.8, 4) is 0 Å². The maximum atomic E-state index is 12.5. The van der Waals surface area contributed by atoms with Crippen LogP contribution in [0.2, 0.25) is 0 Å². The van der Waals surface area contributed by atoms with Crippen molar-refractivity contribution in [2.75, 3.05) is 32.7 Å². The Kier molecular flexibility index (Phi) is 9.85. The molecule has 1 amide bonds. The van der Waals surface area contributed by atoms with Gasteiger partial charge in [-0.05, 0) is 58.8 Å². The highest BCUT2D eigenvalue weighted by atomic mass is 35.5. The lowest BCUT2D eigenvalue weighted by atomic mass is 10.0. The van der Waals surface area contributed by atoms with Gasteiger partial charge in [-0.3, -0.25) is 9.69 Å². The number of hydrogen-bond acceptors (Lipinski definition) is 5. The highest BCUT2D eigenvalue weighted by Crippen LogP contribution is 2.20. The summed E-state index contributed by atoms with van der Waals surface area (Å²) in [6.45, 7) is 9.03. The summed E-state index contributed by atoms with van der Waals surface area (Å²) in [5, 5.41) is 14.9. The van der Waals surface area contributed by atoms with Gasteiger partial charge in [0.25, 0.3) is 5.91 Å². The Morgan fingerprint density at radius 1 is 1.23 bits per heavy atom. The Morgan fingerprint density at radius 3 is 2.65 bits per heavy atom. The van der Waals surface area contributed by atoms with Crippen LogP contribution in [0.5, 0.6) is 0 Å². The smallest absolute Gasteiger partial charge is 0.273 e. The molecule has 0 radical (unpaired) electrons. The van der Waals surface area contributed by atoms with Crippen LogP contribution in [0.25, 0.3) is 0 Å². The maximum Gasteiger partial charge on any atom is 0.273 e. The van der Waals surface area contributed by atoms with Crippen LogP contribution in [-0.2, 0) is 0 Å². The monoisotopic (exact) mass is 406 g/mol. The van der Waals surface area contributed by atoms with Gasteiger partial charge in [-0.15, -0.1) is 29.9 Å². The van der Waals surface area contributed by atoms with Crippen molar-refractivity contribution in [3.63, 3.8) is 0 Å². The molecule has 150 valence electrons. The molecule has 1 unspecified atom stereocenters. The number of nitrogens with one attached hydrogen (secondary N) is 2. The van der Waals surface area contributed by atoms with Crippen molar-refractivity contribution in [3.05, 3.63) is 11.4 Å². The molecule has 9 heteroatoms. The van der Waals surface area contributed by atoms with Crippen molar-refractivity contribution in [2.24, 2.45) is 0 Å². The average molecular weight is 407 g/mol. The SMILES string of the molecule is CCN1CCCCC1CNC(=O)c1nnn(C2CCNCC2)c1C.Cl.Cl. The third-order valence-corrected chi connectivity index (χ3v) is 5.45. The van der Waals surface area contributed by atoms with E-state index in [1.807, 2.05) is 11.6 Å². The fourth-order valence-electron chi connectivity index (χ4n) is 3.95. The zero-order valence-electron chi connectivity index (χ0n) is 15.7. The minimum Gasteiger partial charge on any atom is -0.349 e. The number of likely N-dealkylation sites (N-methyl/N-ethyl adjacent to an activating group) is 1. The van der Waals surface area contributed by atoms with Crippen LogP contribution in [-0.4, -0.2) is 64.6 Å². The number of halogens is 2. The van der Waals surface area contributed by atoms with E-state index in [0.29, 0.717) is 24.3 Å². The van der Waals surface area contributed by atoms with Crippen molar-refractivity contribution < 1.29 is 4.79 Å². The molecule has 1 atom stereocenters. The Balaban J connectivity index is 0.00000169. The highest BCUT2D eigenvalue weighted by molar-refractivity contribution is 5.93. The normalized spacial score (nSPS) is 21.5. The van der Waals surface area contributed by atoms with Gasteiger partial charge in [-0.1, -0.05) is 18.6 Å². The maximum absolute atomic E-state index is 12.5. The molecule has 0 aliphatic carbocycles. The largest absolute Gasteiger partial charge is 0.349 e. The van der Waals surface area contributed by atoms with Gasteiger partial charge in [-0.2, -0.15) is 0 Å². The third-order valence-electron chi connectivity index (χ3n) is 5.45. The van der Waals surface area contributed by atoms with E-state index in [2.05, 4.69) is 32.8 Å². The second-order valence-electron chi connectivity index (χ2n) is 6.94. The summed E-state index contributed by atoms with van der Waals surface area (Å²) in [6, 6.07) is 0.807. The molecular weight excluding hydrogens is 375 g/mol. The molecule has 2 N–H and O–H groups in total. The summed E-state index contributed by atoms with van der Waals surface area (Å²) in [4.78, 5) is 15.0. The lowest BCUT2D eigenvalue weighted by molar-refractivity contribution is 0.0912. The zero-order chi connectivity index (χ0) is 16.9. The van der Waals surface area contributed by atoms with Crippen LogP contribution in [0, 0.1) is 6.92 Å². The number of amides is 1. The fourth-order valence-corrected chi connectivity index (χ4v) is 3.95. The minimum absolute atomic E-state index is 0. The number of likely N-dealkylation sites (tertiary alicyclic amines) is 1. The summed E-state index contributed by atoms with van der Waals surface area (Å²) < 4.78 is 1.94. The van der Waals surface area contributed by atoms with E-state index in [1.165, 1.54) is 12.8 Å². The van der Waals surface area contributed by atoms with E-state index in [9.17, 15) is 4.79 Å². The van der Waals surface area contributed by atoms with E-state index in [4.69, 9.17) is 0 Å². The summed E-state index contributed by atoms with van der Waals surface area (Å²) >= 11 is 0. The molecule has 2 aliphatic rings. The lowest BCUT2D eigenvalue weighted by Gasteiger charge is -2.34. The second-order valence-corrected chi connectivity index (χ2v) is 6.94. The molecule has 0 aromatic carbocycles. The molecule has 2 saturated heterocycles. The van der Waals surface area contributed by atoms with Gasteiger partial charge < -0.3 is 10.6 Å². The minimum atomic E-state index is -0.0886. The first-order valence-corrected chi connectivity index (χ1v) is 9.35. The van der Waals surface area contributed by atoms with Crippen LogP contribution in [0.15, 0.2) is 0 Å². The number of nitrogens with zero attached hydrogens (tertiary/aromatic N) is 4. The molecule has 3 heterocycles. The lowest BCUT2D eigenvalue weighted by Crippen LogP contribution is -2.46. The molecule has 0 saturated carbocycles. The number of rotatable bonds is 5. The molecule has 7 nitrogen and oxygen atoms in total. The summed E-state index contributed by atoms with van der Waals surface area (Å²) in [5.41, 5.74) is 1.36. The van der Waals surface area contributed by atoms with E-state index in [0.717, 1.165) is 51.1 Å². The quantitative estimate of drug-likeness (QED) is 0.781. The summed E-state index contributed by atoms with van der Waals surface area (Å²) in [5.74, 6) is -0.0886. The first kappa shape index (κ1) is 23.1. The average Bonchev–Trinajstić information content (AvgIpc) is 3.02. The van der Waals surface area contributed by atoms with Gasteiger partial charge in [0.15, 0.2) is 5.69 Å². The molecule has 2 fully saturated rings. The van der Waals surface area contributed by atoms with Gasteiger partial charge in [0.2, 0.25) is 0 Å². The topological polar surface area (TPSA) is 75.1 Å². The van der Waals surface area contributed by atoms with Gasteiger partial charge in [0, 0.05) is 12.6 Å². The predicted octanol–water partition coefficient (Wildman–Crippen LogP) is 1.96. The van der Waals surface area contributed by atoms with Crippen LogP contribution >= 0.6 is 24.8 Å². The molecule has 1 aromatic rings. The van der Waals surface area contributed by atoms with Crippen LogP contribution in [0.1, 0.15) is 61.3 Å². The number of carbonyl (C=O) groups excluding carboxylic acids is 1. The first-order valence-electron chi connectivity index (χ1n) is 9.35. The Bertz CT molecular complexity index is 561. The molecule has 26 heavy (non-hydrogen) atoms. The molecule has 1 aromatic heterocycles. The Labute approximate surface area is 168 Å². The van der Waals surface area contributed by atoms with E-state index in [-0.39, 0.29) is 30.7 Å². The van der Waals surface area contributed by atoms with Crippen LogP contribution < -0.4 is 10.6 Å². The molecule has 0 bridgehead atoms. The molecular formula is C17H32Cl2N6O. The standard InChI is InChI=1S/C17H30N6O.2ClH/c1-3-22-11-5-4-6-15(22)12-19-17(24)16-13(2)23(21-20-16)14-7-9-18-10-8-14;;/h14-15,18H,3-12H2,1-2H3,(H,19,24);2*1H. The van der Waals surface area contributed by atoms with Gasteiger partial charge in [0.1, 0.15) is 0 Å². The Morgan fingerprint density at radius 2 is 1.96 bits per heavy atom. The summed E-state index contributed by atoms with van der Waals surface area (Å²) in [6.07, 6.45) is 5.76. The van der Waals surface area contributed by atoms with Crippen LogP contribution in [0.4, 0.5) is 0 Å². The number of aromatic nitrogens is 3. The Hall–Kier alpha value is -0.890. The van der Waals surface area contributed by atoms with Crippen molar-refractivity contribution in [1.82, 2.24) is 30.5 Å². The third kappa shape index (κ3) is 5.31. The van der Waals surface area contributed by atoms with Gasteiger partial charge in [0.05, 0.1) is 11.7 Å².